The molecule has 1 N–H and O–H groups in total. The van der Waals surface area contributed by atoms with Crippen molar-refractivity contribution in [3.63, 3.8) is 0 Å². The summed E-state index contributed by atoms with van der Waals surface area (Å²) in [6.07, 6.45) is 5.32. The Bertz CT molecular complexity index is 160. The Morgan fingerprint density at radius 1 is 1.29 bits per heavy atom. The highest BCUT2D eigenvalue weighted by atomic mass is 16.5. The van der Waals surface area contributed by atoms with Crippen molar-refractivity contribution in [1.82, 2.24) is 0 Å². The van der Waals surface area contributed by atoms with Crippen molar-refractivity contribution >= 4 is 0 Å². The molecule has 2 unspecified atom stereocenters. The van der Waals surface area contributed by atoms with Crippen LogP contribution in [0, 0.1) is 5.41 Å². The molecule has 0 aliphatic heterocycles. The van der Waals surface area contributed by atoms with Crippen LogP contribution in [0.1, 0.15) is 52.9 Å². The third-order valence-electron chi connectivity index (χ3n) is 2.80. The summed E-state index contributed by atoms with van der Waals surface area (Å²) in [5.74, 6) is 0. The highest BCUT2D eigenvalue weighted by Gasteiger charge is 2.21. The van der Waals surface area contributed by atoms with Gasteiger partial charge in [0.1, 0.15) is 0 Å². The van der Waals surface area contributed by atoms with Gasteiger partial charge < -0.3 is 9.84 Å². The molecule has 0 amide bonds. The zero-order valence-electron chi connectivity index (χ0n) is 9.75. The number of aliphatic hydroxyl groups is 1. The molecule has 1 aliphatic carbocycles. The lowest BCUT2D eigenvalue weighted by Gasteiger charge is -2.27. The van der Waals surface area contributed by atoms with E-state index < -0.39 is 0 Å². The normalized spacial score (nSPS) is 29.1. The van der Waals surface area contributed by atoms with Crippen LogP contribution in [0.2, 0.25) is 0 Å². The first-order valence-electron chi connectivity index (χ1n) is 5.77. The molecule has 0 spiro atoms. The van der Waals surface area contributed by atoms with Crippen molar-refractivity contribution in [2.45, 2.75) is 65.1 Å². The van der Waals surface area contributed by atoms with Gasteiger partial charge in [0.25, 0.3) is 0 Å². The van der Waals surface area contributed by atoms with Gasteiger partial charge in [-0.15, -0.1) is 0 Å². The third kappa shape index (κ3) is 4.97. The highest BCUT2D eigenvalue weighted by Crippen LogP contribution is 2.23. The fourth-order valence-corrected chi connectivity index (χ4v) is 1.80. The summed E-state index contributed by atoms with van der Waals surface area (Å²) in [7, 11) is 0. The topological polar surface area (TPSA) is 29.5 Å². The van der Waals surface area contributed by atoms with Crippen LogP contribution in [-0.4, -0.2) is 23.9 Å². The average Bonchev–Trinajstić information content (AvgIpc) is 2.01. The number of aliphatic hydroxyl groups excluding tert-OH is 1. The van der Waals surface area contributed by atoms with Crippen molar-refractivity contribution < 1.29 is 9.84 Å². The molecule has 0 saturated heterocycles. The van der Waals surface area contributed by atoms with Gasteiger partial charge in [-0.2, -0.15) is 0 Å². The number of ether oxygens (including phenoxy) is 1. The van der Waals surface area contributed by atoms with Crippen molar-refractivity contribution in [2.24, 2.45) is 5.41 Å². The summed E-state index contributed by atoms with van der Waals surface area (Å²) in [5.41, 5.74) is 0.354. The molecule has 84 valence electrons. The molecule has 0 bridgehead atoms. The van der Waals surface area contributed by atoms with E-state index in [0.717, 1.165) is 38.7 Å². The summed E-state index contributed by atoms with van der Waals surface area (Å²) < 4.78 is 5.77. The predicted molar refractivity (Wildman–Crippen MR) is 58.3 cm³/mol. The van der Waals surface area contributed by atoms with E-state index in [-0.39, 0.29) is 6.10 Å². The van der Waals surface area contributed by atoms with Crippen LogP contribution >= 0.6 is 0 Å². The second-order valence-corrected chi connectivity index (χ2v) is 5.62. The van der Waals surface area contributed by atoms with E-state index in [1.54, 1.807) is 0 Å². The molecule has 1 aliphatic rings. The van der Waals surface area contributed by atoms with E-state index >= 15 is 0 Å². The molecule has 1 fully saturated rings. The molecule has 1 rings (SSSR count). The van der Waals surface area contributed by atoms with Gasteiger partial charge in [0, 0.05) is 6.61 Å². The monoisotopic (exact) mass is 200 g/mol. The number of rotatable bonds is 3. The molecular formula is C12H24O2. The Morgan fingerprint density at radius 3 is 2.57 bits per heavy atom. The number of hydrogen-bond donors (Lipinski definition) is 1. The smallest absolute Gasteiger partial charge is 0.0599 e. The lowest BCUT2D eigenvalue weighted by atomic mass is 9.92. The van der Waals surface area contributed by atoms with Crippen LogP contribution in [0.4, 0.5) is 0 Å². The van der Waals surface area contributed by atoms with Gasteiger partial charge in [-0.3, -0.25) is 0 Å². The third-order valence-corrected chi connectivity index (χ3v) is 2.80. The van der Waals surface area contributed by atoms with Crippen molar-refractivity contribution in [2.75, 3.05) is 6.61 Å². The van der Waals surface area contributed by atoms with Crippen LogP contribution in [0.5, 0.6) is 0 Å². The maximum Gasteiger partial charge on any atom is 0.0599 e. The zero-order chi connectivity index (χ0) is 10.6. The van der Waals surface area contributed by atoms with E-state index in [2.05, 4.69) is 20.8 Å². The lowest BCUT2D eigenvalue weighted by molar-refractivity contribution is -0.0217. The maximum atomic E-state index is 9.46. The first-order valence-corrected chi connectivity index (χ1v) is 5.77. The quantitative estimate of drug-likeness (QED) is 0.759. The van der Waals surface area contributed by atoms with Gasteiger partial charge in [-0.05, 0) is 37.5 Å². The van der Waals surface area contributed by atoms with Crippen LogP contribution in [0.25, 0.3) is 0 Å². The molecule has 0 radical (unpaired) electrons. The van der Waals surface area contributed by atoms with Crippen LogP contribution in [-0.2, 0) is 4.74 Å². The Morgan fingerprint density at radius 2 is 2.00 bits per heavy atom. The molecule has 14 heavy (non-hydrogen) atoms. The Hall–Kier alpha value is -0.0800. The molecule has 2 nitrogen and oxygen atoms in total. The van der Waals surface area contributed by atoms with E-state index in [1.807, 2.05) is 0 Å². The molecule has 0 aromatic heterocycles. The van der Waals surface area contributed by atoms with E-state index in [1.165, 1.54) is 0 Å². The summed E-state index contributed by atoms with van der Waals surface area (Å²) in [6.45, 7) is 7.52. The predicted octanol–water partition coefficient (Wildman–Crippen LogP) is 2.74. The van der Waals surface area contributed by atoms with E-state index in [4.69, 9.17) is 4.74 Å². The summed E-state index contributed by atoms with van der Waals surface area (Å²) >= 11 is 0. The molecule has 2 heteroatoms. The van der Waals surface area contributed by atoms with Gasteiger partial charge in [0.15, 0.2) is 0 Å². The molecule has 0 aromatic rings. The first-order chi connectivity index (χ1) is 6.47. The van der Waals surface area contributed by atoms with Crippen molar-refractivity contribution in [1.29, 1.82) is 0 Å². The van der Waals surface area contributed by atoms with Crippen molar-refractivity contribution in [3.05, 3.63) is 0 Å². The molecular weight excluding hydrogens is 176 g/mol. The molecule has 1 saturated carbocycles. The largest absolute Gasteiger partial charge is 0.393 e. The van der Waals surface area contributed by atoms with Gasteiger partial charge in [-0.1, -0.05) is 20.8 Å². The lowest BCUT2D eigenvalue weighted by Crippen LogP contribution is -2.27. The van der Waals surface area contributed by atoms with Crippen LogP contribution in [0.15, 0.2) is 0 Å². The molecule has 0 aromatic carbocycles. The second kappa shape index (κ2) is 5.13. The number of hydrogen-bond acceptors (Lipinski definition) is 2. The summed E-state index contributed by atoms with van der Waals surface area (Å²) in [5, 5.41) is 9.46. The Balaban J connectivity index is 2.12. The van der Waals surface area contributed by atoms with E-state index in [9.17, 15) is 5.11 Å². The SMILES string of the molecule is CC(C)(C)CCOC1CCCC(O)C1. The maximum absolute atomic E-state index is 9.46. The minimum absolute atomic E-state index is 0.122. The molecule has 2 atom stereocenters. The van der Waals surface area contributed by atoms with Gasteiger partial charge in [-0.25, -0.2) is 0 Å². The fraction of sp³-hybridized carbons (Fsp3) is 1.00. The second-order valence-electron chi connectivity index (χ2n) is 5.62. The van der Waals surface area contributed by atoms with Crippen LogP contribution in [0.3, 0.4) is 0 Å². The van der Waals surface area contributed by atoms with E-state index in [0.29, 0.717) is 11.5 Å². The zero-order valence-corrected chi connectivity index (χ0v) is 9.75. The van der Waals surface area contributed by atoms with Gasteiger partial charge in [0.2, 0.25) is 0 Å². The minimum atomic E-state index is -0.122. The summed E-state index contributed by atoms with van der Waals surface area (Å²) in [6, 6.07) is 0. The molecule has 0 heterocycles. The minimum Gasteiger partial charge on any atom is -0.393 e. The highest BCUT2D eigenvalue weighted by molar-refractivity contribution is 4.72. The first kappa shape index (κ1) is 12.0. The fourth-order valence-electron chi connectivity index (χ4n) is 1.80. The Labute approximate surface area is 87.7 Å². The standard InChI is InChI=1S/C12H24O2/c1-12(2,3)7-8-14-11-6-4-5-10(13)9-11/h10-11,13H,4-9H2,1-3H3. The van der Waals surface area contributed by atoms with Crippen molar-refractivity contribution in [3.8, 4) is 0 Å². The van der Waals surface area contributed by atoms with Crippen LogP contribution < -0.4 is 0 Å². The van der Waals surface area contributed by atoms with Gasteiger partial charge >= 0.3 is 0 Å². The van der Waals surface area contributed by atoms with Gasteiger partial charge in [0.05, 0.1) is 12.2 Å². The average molecular weight is 200 g/mol. The Kier molecular flexibility index (Phi) is 4.39. The summed E-state index contributed by atoms with van der Waals surface area (Å²) in [4.78, 5) is 0.